The number of rotatable bonds is 6. The second kappa shape index (κ2) is 7.63. The fourth-order valence-electron chi connectivity index (χ4n) is 1.95. The second-order valence-corrected chi connectivity index (χ2v) is 5.72. The first-order valence-corrected chi connectivity index (χ1v) is 7.61. The summed E-state index contributed by atoms with van der Waals surface area (Å²) in [5.41, 5.74) is 0.702. The first-order chi connectivity index (χ1) is 11.4. The third kappa shape index (κ3) is 4.58. The molecule has 1 aromatic carbocycles. The highest BCUT2D eigenvalue weighted by Gasteiger charge is 2.19. The summed E-state index contributed by atoms with van der Waals surface area (Å²) in [6.45, 7) is 5.34. The molecular formula is C17H20N2O5. The minimum absolute atomic E-state index is 0.0902. The molecule has 0 spiro atoms. The van der Waals surface area contributed by atoms with E-state index in [2.05, 4.69) is 10.5 Å². The van der Waals surface area contributed by atoms with E-state index < -0.39 is 11.8 Å². The highest BCUT2D eigenvalue weighted by molar-refractivity contribution is 5.93. The highest BCUT2D eigenvalue weighted by Crippen LogP contribution is 2.23. The van der Waals surface area contributed by atoms with Crippen molar-refractivity contribution in [3.05, 3.63) is 36.0 Å². The summed E-state index contributed by atoms with van der Waals surface area (Å²) in [4.78, 5) is 23.8. The summed E-state index contributed by atoms with van der Waals surface area (Å²) in [5, 5.41) is 15.8. The fourth-order valence-corrected chi connectivity index (χ4v) is 1.95. The second-order valence-electron chi connectivity index (χ2n) is 5.72. The van der Waals surface area contributed by atoms with Gasteiger partial charge in [0.15, 0.2) is 11.5 Å². The Hall–Kier alpha value is -2.83. The van der Waals surface area contributed by atoms with Crippen LogP contribution < -0.4 is 5.32 Å². The van der Waals surface area contributed by atoms with Gasteiger partial charge in [0, 0.05) is 18.2 Å². The van der Waals surface area contributed by atoms with E-state index in [0.29, 0.717) is 11.3 Å². The quantitative estimate of drug-likeness (QED) is 0.787. The number of hydrogen-bond acceptors (Lipinski definition) is 6. The number of nitrogens with zero attached hydrogens (tertiary/aromatic N) is 1. The largest absolute Gasteiger partial charge is 0.508 e. The van der Waals surface area contributed by atoms with Crippen LogP contribution in [0.3, 0.4) is 0 Å². The smallest absolute Gasteiger partial charge is 0.310 e. The Morgan fingerprint density at radius 1 is 1.29 bits per heavy atom. The number of esters is 1. The van der Waals surface area contributed by atoms with Crippen LogP contribution in [0.4, 0.5) is 0 Å². The van der Waals surface area contributed by atoms with Crippen molar-refractivity contribution in [2.75, 3.05) is 6.54 Å². The summed E-state index contributed by atoms with van der Waals surface area (Å²) >= 11 is 0. The predicted octanol–water partition coefficient (Wildman–Crippen LogP) is 2.36. The maximum Gasteiger partial charge on any atom is 0.310 e. The molecule has 0 bridgehead atoms. The normalized spacial score (nSPS) is 12.0. The molecule has 0 aliphatic rings. The van der Waals surface area contributed by atoms with E-state index in [4.69, 9.17) is 9.26 Å². The zero-order chi connectivity index (χ0) is 17.7. The first kappa shape index (κ1) is 17.5. The lowest BCUT2D eigenvalue weighted by Gasteiger charge is -2.13. The van der Waals surface area contributed by atoms with Crippen molar-refractivity contribution in [1.82, 2.24) is 10.5 Å². The fraction of sp³-hybridized carbons (Fsp3) is 0.353. The topological polar surface area (TPSA) is 102 Å². The van der Waals surface area contributed by atoms with Crippen molar-refractivity contribution in [3.63, 3.8) is 0 Å². The van der Waals surface area contributed by atoms with Crippen LogP contribution in [0, 0.1) is 5.92 Å². The summed E-state index contributed by atoms with van der Waals surface area (Å²) in [5.74, 6) is -0.829. The standard InChI is InChI=1S/C17H20N2O5/c1-10(2)23-17(22)11(3)9-18-16(21)14-8-15(24-19-14)12-5-4-6-13(20)7-12/h4-8,10-11,20H,9H2,1-3H3,(H,18,21). The van der Waals surface area contributed by atoms with Gasteiger partial charge in [-0.15, -0.1) is 0 Å². The van der Waals surface area contributed by atoms with Gasteiger partial charge in [-0.05, 0) is 26.0 Å². The van der Waals surface area contributed by atoms with E-state index >= 15 is 0 Å². The summed E-state index contributed by atoms with van der Waals surface area (Å²) in [7, 11) is 0. The predicted molar refractivity (Wildman–Crippen MR) is 86.3 cm³/mol. The number of aromatic nitrogens is 1. The van der Waals surface area contributed by atoms with Crippen molar-refractivity contribution >= 4 is 11.9 Å². The van der Waals surface area contributed by atoms with Gasteiger partial charge < -0.3 is 19.7 Å². The Morgan fingerprint density at radius 3 is 2.71 bits per heavy atom. The number of carbonyl (C=O) groups is 2. The molecule has 0 saturated carbocycles. The van der Waals surface area contributed by atoms with Gasteiger partial charge in [0.05, 0.1) is 12.0 Å². The van der Waals surface area contributed by atoms with Crippen molar-refractivity contribution in [2.24, 2.45) is 5.92 Å². The van der Waals surface area contributed by atoms with E-state index in [-0.39, 0.29) is 30.1 Å². The van der Waals surface area contributed by atoms with Crippen LogP contribution in [0.2, 0.25) is 0 Å². The molecular weight excluding hydrogens is 312 g/mol. The lowest BCUT2D eigenvalue weighted by molar-refractivity contribution is -0.151. The van der Waals surface area contributed by atoms with E-state index in [0.717, 1.165) is 0 Å². The maximum absolute atomic E-state index is 12.1. The van der Waals surface area contributed by atoms with Crippen molar-refractivity contribution in [2.45, 2.75) is 26.9 Å². The lowest BCUT2D eigenvalue weighted by atomic mass is 10.1. The third-order valence-electron chi connectivity index (χ3n) is 3.20. The minimum atomic E-state index is -0.464. The van der Waals surface area contributed by atoms with Crippen molar-refractivity contribution in [1.29, 1.82) is 0 Å². The van der Waals surface area contributed by atoms with Crippen LogP contribution in [0.1, 0.15) is 31.3 Å². The Labute approximate surface area is 139 Å². The number of ether oxygens (including phenoxy) is 1. The average molecular weight is 332 g/mol. The molecule has 2 rings (SSSR count). The van der Waals surface area contributed by atoms with Crippen LogP contribution in [0.5, 0.6) is 5.75 Å². The van der Waals surface area contributed by atoms with Gasteiger partial charge in [-0.3, -0.25) is 9.59 Å². The third-order valence-corrected chi connectivity index (χ3v) is 3.20. The molecule has 2 aromatic rings. The number of phenols is 1. The van der Waals surface area contributed by atoms with Crippen LogP contribution >= 0.6 is 0 Å². The number of carbonyl (C=O) groups excluding carboxylic acids is 2. The Bertz CT molecular complexity index is 723. The van der Waals surface area contributed by atoms with Gasteiger partial charge in [0.1, 0.15) is 5.75 Å². The number of hydrogen-bond donors (Lipinski definition) is 2. The Morgan fingerprint density at radius 2 is 2.04 bits per heavy atom. The minimum Gasteiger partial charge on any atom is -0.508 e. The Kier molecular flexibility index (Phi) is 5.57. The summed E-state index contributed by atoms with van der Waals surface area (Å²) in [6.07, 6.45) is -0.198. The molecule has 0 radical (unpaired) electrons. The molecule has 7 nitrogen and oxygen atoms in total. The van der Waals surface area contributed by atoms with Gasteiger partial charge in [-0.2, -0.15) is 0 Å². The average Bonchev–Trinajstić information content (AvgIpc) is 3.01. The zero-order valence-corrected chi connectivity index (χ0v) is 13.8. The van der Waals surface area contributed by atoms with Gasteiger partial charge in [-0.1, -0.05) is 24.2 Å². The SMILES string of the molecule is CC(C)OC(=O)C(C)CNC(=O)c1cc(-c2cccc(O)c2)on1. The molecule has 0 saturated heterocycles. The summed E-state index contributed by atoms with van der Waals surface area (Å²) < 4.78 is 10.2. The Balaban J connectivity index is 1.95. The molecule has 0 fully saturated rings. The molecule has 24 heavy (non-hydrogen) atoms. The van der Waals surface area contributed by atoms with Crippen LogP contribution in [0.15, 0.2) is 34.9 Å². The lowest BCUT2D eigenvalue weighted by Crippen LogP contribution is -2.33. The molecule has 1 amide bonds. The number of benzene rings is 1. The monoisotopic (exact) mass is 332 g/mol. The zero-order valence-electron chi connectivity index (χ0n) is 13.8. The van der Waals surface area contributed by atoms with Crippen LogP contribution in [-0.2, 0) is 9.53 Å². The number of amides is 1. The van der Waals surface area contributed by atoms with Crippen LogP contribution in [0.25, 0.3) is 11.3 Å². The van der Waals surface area contributed by atoms with E-state index in [1.54, 1.807) is 32.9 Å². The molecule has 1 atom stereocenters. The molecule has 1 unspecified atom stereocenters. The van der Waals surface area contributed by atoms with Gasteiger partial charge in [0.25, 0.3) is 5.91 Å². The molecule has 0 aliphatic heterocycles. The van der Waals surface area contributed by atoms with E-state index in [1.807, 2.05) is 0 Å². The van der Waals surface area contributed by atoms with Gasteiger partial charge in [0.2, 0.25) is 0 Å². The van der Waals surface area contributed by atoms with Gasteiger partial charge >= 0.3 is 5.97 Å². The molecule has 7 heteroatoms. The van der Waals surface area contributed by atoms with Crippen LogP contribution in [-0.4, -0.2) is 34.8 Å². The summed E-state index contributed by atoms with van der Waals surface area (Å²) in [6, 6.07) is 7.90. The number of nitrogens with one attached hydrogen (secondary N) is 1. The van der Waals surface area contributed by atoms with Gasteiger partial charge in [-0.25, -0.2) is 0 Å². The molecule has 0 aliphatic carbocycles. The van der Waals surface area contributed by atoms with E-state index in [9.17, 15) is 14.7 Å². The molecule has 1 heterocycles. The molecule has 2 N–H and O–H groups in total. The van der Waals surface area contributed by atoms with E-state index in [1.165, 1.54) is 18.2 Å². The molecule has 1 aromatic heterocycles. The van der Waals surface area contributed by atoms with Crippen molar-refractivity contribution in [3.8, 4) is 17.1 Å². The maximum atomic E-state index is 12.1. The highest BCUT2D eigenvalue weighted by atomic mass is 16.5. The molecule has 128 valence electrons. The number of phenolic OH excluding ortho intramolecular Hbond substituents is 1. The van der Waals surface area contributed by atoms with Crippen molar-refractivity contribution < 1.29 is 24.0 Å². The number of aromatic hydroxyl groups is 1. The first-order valence-electron chi connectivity index (χ1n) is 7.61.